The lowest BCUT2D eigenvalue weighted by Gasteiger charge is -2.18. The zero-order valence-electron chi connectivity index (χ0n) is 26.9. The van der Waals surface area contributed by atoms with Crippen LogP contribution in [0.25, 0.3) is 97.7 Å². The van der Waals surface area contributed by atoms with Crippen LogP contribution in [0.15, 0.2) is 144 Å². The Morgan fingerprint density at radius 2 is 1.16 bits per heavy atom. The summed E-state index contributed by atoms with van der Waals surface area (Å²) in [7, 11) is 0. The summed E-state index contributed by atoms with van der Waals surface area (Å²) in [4.78, 5) is 7.69. The number of fused-ring (bicyclic) bond motifs is 9. The van der Waals surface area contributed by atoms with Crippen molar-refractivity contribution in [2.45, 2.75) is 0 Å². The zero-order chi connectivity index (χ0) is 34.2. The molecule has 0 saturated carbocycles. The molecule has 6 nitrogen and oxygen atoms in total. The fourth-order valence-corrected chi connectivity index (χ4v) is 7.83. The number of nitrogens with zero attached hydrogens (tertiary/aromatic N) is 5. The van der Waals surface area contributed by atoms with Gasteiger partial charge in [0.2, 0.25) is 5.69 Å². The summed E-state index contributed by atoms with van der Waals surface area (Å²) in [5.74, 6) is 0. The molecule has 0 aliphatic rings. The molecule has 0 radical (unpaired) electrons. The van der Waals surface area contributed by atoms with E-state index in [0.29, 0.717) is 11.3 Å². The average Bonchev–Trinajstić information content (AvgIpc) is 3.83. The zero-order valence-corrected chi connectivity index (χ0v) is 26.9. The molecule has 0 unspecified atom stereocenters. The maximum absolute atomic E-state index is 10.8. The van der Waals surface area contributed by atoms with Crippen LogP contribution in [0.1, 0.15) is 5.56 Å². The van der Waals surface area contributed by atoms with E-state index in [4.69, 9.17) is 17.6 Å². The topological polar surface area (TPSA) is 55.5 Å². The third kappa shape index (κ3) is 3.95. The van der Waals surface area contributed by atoms with Crippen molar-refractivity contribution in [3.8, 4) is 28.6 Å². The van der Waals surface area contributed by atoms with Gasteiger partial charge in [-0.25, -0.2) is 4.85 Å². The molecule has 0 bridgehead atoms. The van der Waals surface area contributed by atoms with Gasteiger partial charge in [-0.2, -0.15) is 5.26 Å². The fourth-order valence-electron chi connectivity index (χ4n) is 7.83. The Balaban J connectivity index is 1.26. The van der Waals surface area contributed by atoms with E-state index >= 15 is 0 Å². The highest BCUT2D eigenvalue weighted by molar-refractivity contribution is 6.17. The highest BCUT2D eigenvalue weighted by atomic mass is 16.3. The Hall–Kier alpha value is -7.59. The Bertz CT molecular complexity index is 3190. The van der Waals surface area contributed by atoms with Crippen LogP contribution in [0.3, 0.4) is 0 Å². The van der Waals surface area contributed by atoms with E-state index in [1.807, 2.05) is 91.0 Å². The highest BCUT2D eigenvalue weighted by Crippen LogP contribution is 2.46. The van der Waals surface area contributed by atoms with Gasteiger partial charge in [0.1, 0.15) is 17.2 Å². The number of nitriles is 1. The van der Waals surface area contributed by atoms with Gasteiger partial charge in [0.25, 0.3) is 0 Å². The lowest BCUT2D eigenvalue weighted by molar-refractivity contribution is 0.669. The minimum absolute atomic E-state index is 0.273. The number of furan rings is 1. The maximum atomic E-state index is 10.8. The molecule has 0 aliphatic heterocycles. The first-order valence-corrected chi connectivity index (χ1v) is 16.5. The summed E-state index contributed by atoms with van der Waals surface area (Å²) >= 11 is 0. The van der Waals surface area contributed by atoms with E-state index < -0.39 is 0 Å². The summed E-state index contributed by atoms with van der Waals surface area (Å²) in [6.07, 6.45) is 0. The van der Waals surface area contributed by atoms with Crippen molar-refractivity contribution in [1.82, 2.24) is 9.13 Å². The number of para-hydroxylation sites is 4. The van der Waals surface area contributed by atoms with Gasteiger partial charge in [-0.05, 0) is 59.7 Å². The maximum Gasteiger partial charge on any atom is 0.218 e. The van der Waals surface area contributed by atoms with Crippen molar-refractivity contribution < 1.29 is 4.42 Å². The molecule has 51 heavy (non-hydrogen) atoms. The van der Waals surface area contributed by atoms with Crippen molar-refractivity contribution in [1.29, 1.82) is 5.26 Å². The average molecular weight is 650 g/mol. The SMILES string of the molecule is [C-]#[N+]c1ccc(-c2ccc(-n3c4ccccc4c4cc5oc6ccccc6c5cc43)c(C#N)c2)c(-n2c3ccccc3c3ccccc32)c1[N+]#[C-]. The molecule has 6 heteroatoms. The van der Waals surface area contributed by atoms with Crippen molar-refractivity contribution in [2.24, 2.45) is 0 Å². The summed E-state index contributed by atoms with van der Waals surface area (Å²) in [5.41, 5.74) is 9.44. The lowest BCUT2D eigenvalue weighted by Crippen LogP contribution is -2.00. The molecule has 0 atom stereocenters. The molecule has 10 rings (SSSR count). The smallest absolute Gasteiger partial charge is 0.218 e. The normalized spacial score (nSPS) is 11.5. The van der Waals surface area contributed by atoms with Gasteiger partial charge in [-0.15, -0.1) is 0 Å². The van der Waals surface area contributed by atoms with Crippen LogP contribution in [-0.4, -0.2) is 9.13 Å². The lowest BCUT2D eigenvalue weighted by atomic mass is 9.98. The molecule has 0 amide bonds. The molecule has 0 saturated heterocycles. The molecule has 7 aromatic carbocycles. The largest absolute Gasteiger partial charge is 0.456 e. The second kappa shape index (κ2) is 10.7. The van der Waals surface area contributed by atoms with Gasteiger partial charge in [0.15, 0.2) is 5.69 Å². The minimum Gasteiger partial charge on any atom is -0.456 e. The molecule has 3 aromatic heterocycles. The van der Waals surface area contributed by atoms with Gasteiger partial charge >= 0.3 is 0 Å². The predicted octanol–water partition coefficient (Wildman–Crippen LogP) is 12.4. The van der Waals surface area contributed by atoms with E-state index in [1.54, 1.807) is 6.07 Å². The Morgan fingerprint density at radius 1 is 0.529 bits per heavy atom. The quantitative estimate of drug-likeness (QED) is 0.179. The molecular weight excluding hydrogens is 627 g/mol. The van der Waals surface area contributed by atoms with Crippen LogP contribution in [0.5, 0.6) is 0 Å². The molecule has 3 heterocycles. The van der Waals surface area contributed by atoms with Crippen molar-refractivity contribution in [3.63, 3.8) is 0 Å². The Morgan fingerprint density at radius 3 is 1.82 bits per heavy atom. The van der Waals surface area contributed by atoms with Gasteiger partial charge in [-0.3, -0.25) is 4.85 Å². The highest BCUT2D eigenvalue weighted by Gasteiger charge is 2.23. The summed E-state index contributed by atoms with van der Waals surface area (Å²) < 4.78 is 10.5. The van der Waals surface area contributed by atoms with E-state index in [-0.39, 0.29) is 11.4 Å². The number of rotatable bonds is 3. The Labute approximate surface area is 291 Å². The summed E-state index contributed by atoms with van der Waals surface area (Å²) in [6, 6.07) is 48.8. The van der Waals surface area contributed by atoms with E-state index in [9.17, 15) is 5.26 Å². The van der Waals surface area contributed by atoms with Gasteiger partial charge < -0.3 is 13.6 Å². The molecular formula is C45H23N5O. The van der Waals surface area contributed by atoms with E-state index in [1.165, 1.54) is 0 Å². The van der Waals surface area contributed by atoms with Crippen molar-refractivity contribution >= 4 is 76.9 Å². The number of hydrogen-bond donors (Lipinski definition) is 0. The second-order valence-electron chi connectivity index (χ2n) is 12.6. The fraction of sp³-hybridized carbons (Fsp3) is 0. The molecule has 234 valence electrons. The third-order valence-corrected chi connectivity index (χ3v) is 10.0. The summed E-state index contributed by atoms with van der Waals surface area (Å²) in [6.45, 7) is 16.2. The van der Waals surface area contributed by atoms with Gasteiger partial charge in [0, 0.05) is 38.0 Å². The van der Waals surface area contributed by atoms with Crippen molar-refractivity contribution in [3.05, 3.63) is 168 Å². The number of aromatic nitrogens is 2. The molecule has 0 spiro atoms. The predicted molar refractivity (Wildman–Crippen MR) is 205 cm³/mol. The van der Waals surface area contributed by atoms with E-state index in [2.05, 4.69) is 67.4 Å². The molecule has 0 aliphatic carbocycles. The first-order chi connectivity index (χ1) is 25.2. The van der Waals surface area contributed by atoms with Gasteiger partial charge in [-0.1, -0.05) is 91.0 Å². The van der Waals surface area contributed by atoms with Crippen LogP contribution in [0.2, 0.25) is 0 Å². The second-order valence-corrected chi connectivity index (χ2v) is 12.6. The third-order valence-electron chi connectivity index (χ3n) is 10.0. The molecule has 0 N–H and O–H groups in total. The minimum atomic E-state index is 0.273. The Kier molecular flexibility index (Phi) is 5.97. The summed E-state index contributed by atoms with van der Waals surface area (Å²) in [5, 5.41) is 17.0. The number of hydrogen-bond acceptors (Lipinski definition) is 2. The first-order valence-electron chi connectivity index (χ1n) is 16.5. The molecule has 0 fully saturated rings. The van der Waals surface area contributed by atoms with Crippen LogP contribution >= 0.6 is 0 Å². The van der Waals surface area contributed by atoms with Crippen LogP contribution in [0, 0.1) is 24.5 Å². The number of benzene rings is 7. The van der Waals surface area contributed by atoms with Crippen molar-refractivity contribution in [2.75, 3.05) is 0 Å². The van der Waals surface area contributed by atoms with Crippen LogP contribution in [-0.2, 0) is 0 Å². The van der Waals surface area contributed by atoms with Crippen LogP contribution < -0.4 is 0 Å². The van der Waals surface area contributed by atoms with Crippen LogP contribution in [0.4, 0.5) is 11.4 Å². The standard InChI is InChI=1S/C45H23N5O/c1-47-36-21-20-29(45(44(36)48-2)50-39-16-8-3-11-30(39)31-12-4-9-17-40(31)50)27-19-22-37(28(23-27)26-46)49-38-15-7-5-13-32(38)34-25-43-35(24-41(34)49)33-14-6-10-18-42(33)51-43/h3-25H. The van der Waals surface area contributed by atoms with E-state index in [0.717, 1.165) is 82.4 Å². The monoisotopic (exact) mass is 649 g/mol. The molecule has 10 aromatic rings. The first kappa shape index (κ1) is 28.4. The van der Waals surface area contributed by atoms with Gasteiger partial charge in [0.05, 0.1) is 46.5 Å².